The molecule has 0 bridgehead atoms. The van der Waals surface area contributed by atoms with Crippen LogP contribution >= 0.6 is 0 Å². The van der Waals surface area contributed by atoms with Gasteiger partial charge in [-0.3, -0.25) is 15.0 Å². The summed E-state index contributed by atoms with van der Waals surface area (Å²) in [6.07, 6.45) is 2.26. The fraction of sp³-hybridized carbons (Fsp3) is 0.333. The summed E-state index contributed by atoms with van der Waals surface area (Å²) >= 11 is 0. The topological polar surface area (TPSA) is 68.8 Å². The zero-order chi connectivity index (χ0) is 15.5. The van der Waals surface area contributed by atoms with Crippen molar-refractivity contribution in [3.8, 4) is 5.75 Å². The molecule has 0 aliphatic heterocycles. The number of nitro groups is 1. The van der Waals surface area contributed by atoms with Gasteiger partial charge in [-0.05, 0) is 38.4 Å². The highest BCUT2D eigenvalue weighted by atomic mass is 16.6. The minimum absolute atomic E-state index is 0.0345. The fourth-order valence-electron chi connectivity index (χ4n) is 2.26. The van der Waals surface area contributed by atoms with Crippen LogP contribution in [-0.4, -0.2) is 23.9 Å². The van der Waals surface area contributed by atoms with Gasteiger partial charge < -0.3 is 9.15 Å². The maximum atomic E-state index is 10.7. The molecule has 112 valence electrons. The molecule has 0 N–H and O–H groups in total. The number of benzene rings is 1. The highest BCUT2D eigenvalue weighted by Crippen LogP contribution is 2.34. The lowest BCUT2D eigenvalue weighted by molar-refractivity contribution is -0.384. The second-order valence-electron chi connectivity index (χ2n) is 4.86. The van der Waals surface area contributed by atoms with Gasteiger partial charge in [0.05, 0.1) is 11.2 Å². The second kappa shape index (κ2) is 5.97. The Kier molecular flexibility index (Phi) is 4.28. The van der Waals surface area contributed by atoms with E-state index in [-0.39, 0.29) is 5.69 Å². The van der Waals surface area contributed by atoms with E-state index in [2.05, 4.69) is 0 Å². The molecule has 1 atom stereocenters. The van der Waals surface area contributed by atoms with Gasteiger partial charge in [0.25, 0.3) is 5.69 Å². The van der Waals surface area contributed by atoms with E-state index >= 15 is 0 Å². The Morgan fingerprint density at radius 2 is 1.95 bits per heavy atom. The predicted molar refractivity (Wildman–Crippen MR) is 78.1 cm³/mol. The van der Waals surface area contributed by atoms with Crippen LogP contribution in [0.5, 0.6) is 5.75 Å². The normalized spacial score (nSPS) is 13.9. The quantitative estimate of drug-likeness (QED) is 0.463. The molecule has 6 nitrogen and oxygen atoms in total. The molecule has 0 fully saturated rings. The van der Waals surface area contributed by atoms with E-state index in [4.69, 9.17) is 9.15 Å². The maximum Gasteiger partial charge on any atom is 0.269 e. The van der Waals surface area contributed by atoms with Crippen LogP contribution in [0.15, 0.2) is 47.1 Å². The summed E-state index contributed by atoms with van der Waals surface area (Å²) in [5.74, 6) is 1.24. The van der Waals surface area contributed by atoms with E-state index in [0.717, 1.165) is 0 Å². The molecule has 1 heterocycles. The van der Waals surface area contributed by atoms with E-state index in [9.17, 15) is 10.1 Å². The summed E-state index contributed by atoms with van der Waals surface area (Å²) in [5.41, 5.74) is -0.716. The standard InChI is InChI=1S/C15H18N2O4/c1-4-15(16(2)3,14-6-5-11-20-14)21-13-9-7-12(8-10-13)17(18)19/h5-11H,4H2,1-3H3. The van der Waals surface area contributed by atoms with Gasteiger partial charge in [-0.2, -0.15) is 0 Å². The third-order valence-corrected chi connectivity index (χ3v) is 3.44. The molecule has 21 heavy (non-hydrogen) atoms. The van der Waals surface area contributed by atoms with Gasteiger partial charge in [-0.25, -0.2) is 0 Å². The molecule has 0 saturated heterocycles. The van der Waals surface area contributed by atoms with Crippen LogP contribution in [0.2, 0.25) is 0 Å². The first-order valence-electron chi connectivity index (χ1n) is 6.64. The summed E-state index contributed by atoms with van der Waals surface area (Å²) in [6.45, 7) is 1.99. The van der Waals surface area contributed by atoms with Gasteiger partial charge in [0.2, 0.25) is 5.72 Å². The van der Waals surface area contributed by atoms with Crippen molar-refractivity contribution in [2.45, 2.75) is 19.1 Å². The van der Waals surface area contributed by atoms with Crippen molar-refractivity contribution in [1.82, 2.24) is 4.90 Å². The molecular formula is C15H18N2O4. The largest absolute Gasteiger partial charge is 0.465 e. The first-order valence-corrected chi connectivity index (χ1v) is 6.64. The van der Waals surface area contributed by atoms with Crippen molar-refractivity contribution in [1.29, 1.82) is 0 Å². The Morgan fingerprint density at radius 3 is 2.38 bits per heavy atom. The van der Waals surface area contributed by atoms with Gasteiger partial charge in [0.15, 0.2) is 5.76 Å². The Balaban J connectivity index is 2.33. The SMILES string of the molecule is CCC(Oc1ccc([N+](=O)[O-])cc1)(c1ccco1)N(C)C. The van der Waals surface area contributed by atoms with E-state index in [1.807, 2.05) is 38.1 Å². The summed E-state index contributed by atoms with van der Waals surface area (Å²) in [7, 11) is 3.80. The van der Waals surface area contributed by atoms with Gasteiger partial charge in [0.1, 0.15) is 5.75 Å². The Hall–Kier alpha value is -2.34. The van der Waals surface area contributed by atoms with Crippen molar-refractivity contribution >= 4 is 5.69 Å². The molecule has 1 aromatic carbocycles. The molecule has 1 unspecified atom stereocenters. The summed E-state index contributed by atoms with van der Waals surface area (Å²) in [5, 5.41) is 10.7. The van der Waals surface area contributed by atoms with Gasteiger partial charge in [-0.15, -0.1) is 0 Å². The number of hydrogen-bond donors (Lipinski definition) is 0. The van der Waals surface area contributed by atoms with Crippen LogP contribution in [0.4, 0.5) is 5.69 Å². The molecule has 0 aliphatic carbocycles. The molecule has 0 amide bonds. The molecule has 2 aromatic rings. The molecule has 0 spiro atoms. The molecule has 2 rings (SSSR count). The lowest BCUT2D eigenvalue weighted by atomic mass is 10.1. The number of rotatable bonds is 6. The highest BCUT2D eigenvalue weighted by molar-refractivity contribution is 5.36. The van der Waals surface area contributed by atoms with Crippen molar-refractivity contribution in [2.75, 3.05) is 14.1 Å². The lowest BCUT2D eigenvalue weighted by Gasteiger charge is -2.37. The third kappa shape index (κ3) is 2.90. The monoisotopic (exact) mass is 290 g/mol. The maximum absolute atomic E-state index is 10.7. The summed E-state index contributed by atoms with van der Waals surface area (Å²) in [4.78, 5) is 12.2. The third-order valence-electron chi connectivity index (χ3n) is 3.44. The number of furan rings is 1. The van der Waals surface area contributed by atoms with Crippen molar-refractivity contribution < 1.29 is 14.1 Å². The van der Waals surface area contributed by atoms with Crippen LogP contribution in [0.25, 0.3) is 0 Å². The average Bonchev–Trinajstić information content (AvgIpc) is 2.99. The average molecular weight is 290 g/mol. The molecule has 0 aliphatic rings. The first-order chi connectivity index (χ1) is 9.99. The number of nitro benzene ring substituents is 1. The zero-order valence-corrected chi connectivity index (χ0v) is 12.3. The van der Waals surface area contributed by atoms with E-state index in [0.29, 0.717) is 17.9 Å². The number of hydrogen-bond acceptors (Lipinski definition) is 5. The van der Waals surface area contributed by atoms with Gasteiger partial charge in [0, 0.05) is 18.6 Å². The van der Waals surface area contributed by atoms with E-state index in [1.165, 1.54) is 12.1 Å². The fourth-order valence-corrected chi connectivity index (χ4v) is 2.26. The number of non-ortho nitro benzene ring substituents is 1. The van der Waals surface area contributed by atoms with Crippen LogP contribution in [0, 0.1) is 10.1 Å². The summed E-state index contributed by atoms with van der Waals surface area (Å²) < 4.78 is 11.6. The molecule has 1 aromatic heterocycles. The van der Waals surface area contributed by atoms with E-state index in [1.54, 1.807) is 18.4 Å². The van der Waals surface area contributed by atoms with E-state index < -0.39 is 10.6 Å². The van der Waals surface area contributed by atoms with Gasteiger partial charge in [-0.1, -0.05) is 6.92 Å². The van der Waals surface area contributed by atoms with Crippen LogP contribution in [-0.2, 0) is 5.72 Å². The smallest absolute Gasteiger partial charge is 0.269 e. The minimum Gasteiger partial charge on any atom is -0.465 e. The lowest BCUT2D eigenvalue weighted by Crippen LogP contribution is -2.45. The Labute approximate surface area is 123 Å². The van der Waals surface area contributed by atoms with Crippen LogP contribution < -0.4 is 4.74 Å². The first kappa shape index (κ1) is 15.1. The highest BCUT2D eigenvalue weighted by Gasteiger charge is 2.38. The van der Waals surface area contributed by atoms with Crippen LogP contribution in [0.1, 0.15) is 19.1 Å². The molecule has 0 radical (unpaired) electrons. The predicted octanol–water partition coefficient (Wildman–Crippen LogP) is 3.39. The summed E-state index contributed by atoms with van der Waals surface area (Å²) in [6, 6.07) is 9.70. The molecule has 6 heteroatoms. The van der Waals surface area contributed by atoms with Crippen molar-refractivity contribution in [2.24, 2.45) is 0 Å². The number of nitrogens with zero attached hydrogens (tertiary/aromatic N) is 2. The van der Waals surface area contributed by atoms with Crippen LogP contribution in [0.3, 0.4) is 0 Å². The minimum atomic E-state index is -0.750. The van der Waals surface area contributed by atoms with Gasteiger partial charge >= 0.3 is 0 Å². The Bertz CT molecular complexity index is 593. The molecule has 0 saturated carbocycles. The molecular weight excluding hydrogens is 272 g/mol. The van der Waals surface area contributed by atoms with Crippen molar-refractivity contribution in [3.05, 3.63) is 58.5 Å². The zero-order valence-electron chi connectivity index (χ0n) is 12.3. The Morgan fingerprint density at radius 1 is 1.29 bits per heavy atom. The number of ether oxygens (including phenoxy) is 1. The van der Waals surface area contributed by atoms with Crippen molar-refractivity contribution in [3.63, 3.8) is 0 Å². The second-order valence-corrected chi connectivity index (χ2v) is 4.86.